The summed E-state index contributed by atoms with van der Waals surface area (Å²) < 4.78 is 26.9. The fourth-order valence-electron chi connectivity index (χ4n) is 3.20. The Bertz CT molecular complexity index is 1000. The van der Waals surface area contributed by atoms with E-state index in [4.69, 9.17) is 0 Å². The number of carboxylic acid groups (broad SMARTS) is 1. The fourth-order valence-corrected chi connectivity index (χ4v) is 4.26. The largest absolute Gasteiger partial charge is 0.478 e. The van der Waals surface area contributed by atoms with Gasteiger partial charge in [-0.2, -0.15) is 0 Å². The van der Waals surface area contributed by atoms with Crippen LogP contribution in [0.2, 0.25) is 0 Å². The highest BCUT2D eigenvalue weighted by atomic mass is 32.2. The van der Waals surface area contributed by atoms with Gasteiger partial charge >= 0.3 is 5.97 Å². The van der Waals surface area contributed by atoms with E-state index in [0.717, 1.165) is 5.56 Å². The van der Waals surface area contributed by atoms with Crippen LogP contribution in [0.5, 0.6) is 0 Å². The summed E-state index contributed by atoms with van der Waals surface area (Å²) in [6.45, 7) is 2.41. The molecule has 0 saturated heterocycles. The third-order valence-corrected chi connectivity index (χ3v) is 6.03. The van der Waals surface area contributed by atoms with Gasteiger partial charge in [0.25, 0.3) is 0 Å². The van der Waals surface area contributed by atoms with Gasteiger partial charge in [0.2, 0.25) is 15.9 Å². The molecular formula is C19H20N2O5S. The van der Waals surface area contributed by atoms with Crippen molar-refractivity contribution < 1.29 is 23.1 Å². The molecule has 2 aromatic carbocycles. The number of amides is 1. The fraction of sp³-hybridized carbons (Fsp3) is 0.263. The lowest BCUT2D eigenvalue weighted by molar-refractivity contribution is -0.117. The van der Waals surface area contributed by atoms with Crippen LogP contribution in [0.15, 0.2) is 47.4 Å². The number of sulfonamides is 1. The summed E-state index contributed by atoms with van der Waals surface area (Å²) in [5.74, 6) is -1.35. The van der Waals surface area contributed by atoms with E-state index >= 15 is 0 Å². The van der Waals surface area contributed by atoms with Crippen LogP contribution in [-0.2, 0) is 27.7 Å². The van der Waals surface area contributed by atoms with Crippen LogP contribution in [0, 0.1) is 0 Å². The highest BCUT2D eigenvalue weighted by Crippen LogP contribution is 2.31. The maximum Gasteiger partial charge on any atom is 0.335 e. The van der Waals surface area contributed by atoms with Gasteiger partial charge in [-0.05, 0) is 35.7 Å². The summed E-state index contributed by atoms with van der Waals surface area (Å²) in [7, 11) is -3.62. The minimum atomic E-state index is -3.62. The second-order valence-electron chi connectivity index (χ2n) is 6.23. The topological polar surface area (TPSA) is 104 Å². The zero-order valence-corrected chi connectivity index (χ0v) is 15.6. The molecule has 0 aromatic heterocycles. The molecule has 0 bridgehead atoms. The van der Waals surface area contributed by atoms with Crippen molar-refractivity contribution in [3.8, 4) is 0 Å². The molecule has 0 radical (unpaired) electrons. The Morgan fingerprint density at radius 2 is 1.93 bits per heavy atom. The van der Waals surface area contributed by atoms with Crippen LogP contribution in [0.3, 0.4) is 0 Å². The summed E-state index contributed by atoms with van der Waals surface area (Å²) >= 11 is 0. The van der Waals surface area contributed by atoms with E-state index < -0.39 is 16.0 Å². The van der Waals surface area contributed by atoms with Gasteiger partial charge in [-0.1, -0.05) is 31.2 Å². The number of nitrogens with one attached hydrogen (secondary N) is 1. The third kappa shape index (κ3) is 3.86. The molecule has 0 spiro atoms. The molecule has 0 saturated carbocycles. The van der Waals surface area contributed by atoms with Crippen molar-refractivity contribution in [2.45, 2.75) is 24.7 Å². The van der Waals surface area contributed by atoms with Gasteiger partial charge in [0.05, 0.1) is 16.9 Å². The molecule has 142 valence electrons. The molecular weight excluding hydrogens is 368 g/mol. The molecule has 1 heterocycles. The summed E-state index contributed by atoms with van der Waals surface area (Å²) in [5.41, 5.74) is 1.98. The van der Waals surface area contributed by atoms with E-state index in [0.29, 0.717) is 24.2 Å². The van der Waals surface area contributed by atoms with Gasteiger partial charge in [0.1, 0.15) is 0 Å². The third-order valence-electron chi connectivity index (χ3n) is 4.49. The Morgan fingerprint density at radius 3 is 2.63 bits per heavy atom. The lowest BCUT2D eigenvalue weighted by Crippen LogP contribution is -2.31. The molecule has 1 aliphatic rings. The Hall–Kier alpha value is -2.71. The number of fused-ring (bicyclic) bond motifs is 1. The number of carboxylic acids is 1. The van der Waals surface area contributed by atoms with Crippen molar-refractivity contribution in [3.63, 3.8) is 0 Å². The van der Waals surface area contributed by atoms with Crippen molar-refractivity contribution >= 4 is 27.6 Å². The molecule has 8 heteroatoms. The number of carbonyl (C=O) groups is 2. The SMILES string of the molecule is CCNS(=O)(=O)c1ccc2c(c1)N(C(=O)Cc1ccccc1C(=O)O)CC2. The van der Waals surface area contributed by atoms with Crippen molar-refractivity contribution in [1.82, 2.24) is 4.72 Å². The van der Waals surface area contributed by atoms with E-state index in [2.05, 4.69) is 4.72 Å². The van der Waals surface area contributed by atoms with Gasteiger partial charge < -0.3 is 10.0 Å². The van der Waals surface area contributed by atoms with E-state index in [1.807, 2.05) is 0 Å². The van der Waals surface area contributed by atoms with Crippen molar-refractivity contribution in [3.05, 3.63) is 59.2 Å². The van der Waals surface area contributed by atoms with E-state index in [1.165, 1.54) is 23.1 Å². The number of hydrogen-bond acceptors (Lipinski definition) is 4. The highest BCUT2D eigenvalue weighted by molar-refractivity contribution is 7.89. The molecule has 2 N–H and O–H groups in total. The molecule has 3 rings (SSSR count). The standard InChI is InChI=1S/C19H20N2O5S/c1-2-20-27(25,26)15-8-7-13-9-10-21(17(13)12-15)18(22)11-14-5-3-4-6-16(14)19(23)24/h3-8,12,20H,2,9-11H2,1H3,(H,23,24). The molecule has 2 aromatic rings. The second-order valence-corrected chi connectivity index (χ2v) is 7.99. The average Bonchev–Trinajstić information content (AvgIpc) is 3.05. The van der Waals surface area contributed by atoms with Gasteiger partial charge in [0.15, 0.2) is 0 Å². The second kappa shape index (κ2) is 7.50. The normalized spacial score (nSPS) is 13.4. The van der Waals surface area contributed by atoms with Gasteiger partial charge in [0, 0.05) is 18.8 Å². The number of carbonyl (C=O) groups excluding carboxylic acids is 1. The van der Waals surface area contributed by atoms with Crippen LogP contribution < -0.4 is 9.62 Å². The summed E-state index contributed by atoms with van der Waals surface area (Å²) in [6.07, 6.45) is 0.565. The molecule has 7 nitrogen and oxygen atoms in total. The average molecular weight is 388 g/mol. The number of aromatic carboxylic acids is 1. The minimum absolute atomic E-state index is 0.0634. The zero-order chi connectivity index (χ0) is 19.6. The maximum absolute atomic E-state index is 12.8. The molecule has 1 aliphatic heterocycles. The lowest BCUT2D eigenvalue weighted by atomic mass is 10.0. The molecule has 0 fully saturated rings. The van der Waals surface area contributed by atoms with Gasteiger partial charge in [-0.25, -0.2) is 17.9 Å². The molecule has 0 atom stereocenters. The molecule has 0 unspecified atom stereocenters. The summed E-state index contributed by atoms with van der Waals surface area (Å²) in [6, 6.07) is 11.1. The predicted molar refractivity (Wildman–Crippen MR) is 100 cm³/mol. The smallest absolute Gasteiger partial charge is 0.335 e. The maximum atomic E-state index is 12.8. The van der Waals surface area contributed by atoms with Gasteiger partial charge in [-0.15, -0.1) is 0 Å². The first kappa shape index (κ1) is 19.1. The molecule has 1 amide bonds. The van der Waals surface area contributed by atoms with Crippen molar-refractivity contribution in [1.29, 1.82) is 0 Å². The zero-order valence-electron chi connectivity index (χ0n) is 14.8. The van der Waals surface area contributed by atoms with Crippen LogP contribution in [0.1, 0.15) is 28.4 Å². The lowest BCUT2D eigenvalue weighted by Gasteiger charge is -2.19. The number of benzene rings is 2. The van der Waals surface area contributed by atoms with E-state index in [-0.39, 0.29) is 29.3 Å². The highest BCUT2D eigenvalue weighted by Gasteiger charge is 2.27. The number of rotatable bonds is 6. The molecule has 27 heavy (non-hydrogen) atoms. The van der Waals surface area contributed by atoms with Crippen molar-refractivity contribution in [2.75, 3.05) is 18.0 Å². The summed E-state index contributed by atoms with van der Waals surface area (Å²) in [5, 5.41) is 9.28. The Balaban J connectivity index is 1.89. The predicted octanol–water partition coefficient (Wildman–Crippen LogP) is 1.81. The quantitative estimate of drug-likeness (QED) is 0.786. The number of anilines is 1. The minimum Gasteiger partial charge on any atom is -0.478 e. The van der Waals surface area contributed by atoms with Crippen LogP contribution in [0.4, 0.5) is 5.69 Å². The van der Waals surface area contributed by atoms with Crippen molar-refractivity contribution in [2.24, 2.45) is 0 Å². The monoisotopic (exact) mass is 388 g/mol. The number of hydrogen-bond donors (Lipinski definition) is 2. The Kier molecular flexibility index (Phi) is 5.29. The van der Waals surface area contributed by atoms with Crippen LogP contribution >= 0.6 is 0 Å². The first-order valence-corrected chi connectivity index (χ1v) is 10.1. The first-order chi connectivity index (χ1) is 12.8. The summed E-state index contributed by atoms with van der Waals surface area (Å²) in [4.78, 5) is 25.8. The number of nitrogens with zero attached hydrogens (tertiary/aromatic N) is 1. The van der Waals surface area contributed by atoms with Crippen LogP contribution in [0.25, 0.3) is 0 Å². The van der Waals surface area contributed by atoms with E-state index in [9.17, 15) is 23.1 Å². The Labute approximate surface area is 157 Å². The van der Waals surface area contributed by atoms with E-state index in [1.54, 1.807) is 31.2 Å². The molecule has 0 aliphatic carbocycles. The Morgan fingerprint density at radius 1 is 1.19 bits per heavy atom. The first-order valence-electron chi connectivity index (χ1n) is 8.57. The van der Waals surface area contributed by atoms with Crippen LogP contribution in [-0.4, -0.2) is 38.5 Å². The van der Waals surface area contributed by atoms with Gasteiger partial charge in [-0.3, -0.25) is 4.79 Å².